The number of hydrogen-bond acceptors (Lipinski definition) is 4. The molecule has 0 aliphatic carbocycles. The molecule has 0 spiro atoms. The molecule has 2 atom stereocenters. The van der Waals surface area contributed by atoms with E-state index < -0.39 is 10.0 Å². The molecule has 2 aliphatic heterocycles. The van der Waals surface area contributed by atoms with Crippen LogP contribution in [0.25, 0.3) is 0 Å². The summed E-state index contributed by atoms with van der Waals surface area (Å²) in [5.74, 6) is 0.468. The zero-order chi connectivity index (χ0) is 15.6. The van der Waals surface area contributed by atoms with Gasteiger partial charge in [0.2, 0.25) is 10.0 Å². The average molecular weight is 324 g/mol. The van der Waals surface area contributed by atoms with Gasteiger partial charge in [0.05, 0.1) is 6.04 Å². The zero-order valence-electron chi connectivity index (χ0n) is 13.0. The first-order valence-electron chi connectivity index (χ1n) is 8.10. The molecule has 1 N–H and O–H groups in total. The van der Waals surface area contributed by atoms with Crippen LogP contribution in [0.2, 0.25) is 0 Å². The van der Waals surface area contributed by atoms with E-state index >= 15 is 0 Å². The lowest BCUT2D eigenvalue weighted by Gasteiger charge is -2.16. The molecule has 2 aliphatic rings. The minimum atomic E-state index is -3.49. The van der Waals surface area contributed by atoms with Gasteiger partial charge in [0.15, 0.2) is 0 Å². The van der Waals surface area contributed by atoms with Crippen molar-refractivity contribution in [2.75, 3.05) is 19.6 Å². The van der Waals surface area contributed by atoms with Crippen LogP contribution in [-0.4, -0.2) is 45.1 Å². The molecule has 0 bridgehead atoms. The Kier molecular flexibility index (Phi) is 4.70. The van der Waals surface area contributed by atoms with Crippen LogP contribution in [0.4, 0.5) is 0 Å². The summed E-state index contributed by atoms with van der Waals surface area (Å²) in [6.45, 7) is 4.73. The van der Waals surface area contributed by atoms with Crippen LogP contribution in [0.1, 0.15) is 32.6 Å². The number of sulfonamides is 1. The highest BCUT2D eigenvalue weighted by Gasteiger charge is 2.40. The summed E-state index contributed by atoms with van der Waals surface area (Å²) in [6, 6.07) is 6.71. The molecule has 3 rings (SSSR count). The lowest BCUT2D eigenvalue weighted by Crippen LogP contribution is -2.42. The molecule has 1 saturated heterocycles. The number of nitrogens with one attached hydrogen (secondary N) is 1. The second-order valence-corrected chi connectivity index (χ2v) is 7.83. The Hall–Kier alpha value is -1.11. The van der Waals surface area contributed by atoms with Gasteiger partial charge in [0.1, 0.15) is 16.7 Å². The van der Waals surface area contributed by atoms with E-state index in [1.807, 2.05) is 6.07 Å². The predicted molar refractivity (Wildman–Crippen MR) is 85.5 cm³/mol. The summed E-state index contributed by atoms with van der Waals surface area (Å²) in [5, 5.41) is 0. The van der Waals surface area contributed by atoms with Gasteiger partial charge in [-0.15, -0.1) is 0 Å². The normalized spacial score (nSPS) is 26.8. The van der Waals surface area contributed by atoms with Crippen molar-refractivity contribution >= 4 is 10.0 Å². The number of para-hydroxylation sites is 1. The number of fused-ring (bicyclic) bond motifs is 2. The van der Waals surface area contributed by atoms with Crippen LogP contribution >= 0.6 is 0 Å². The lowest BCUT2D eigenvalue weighted by molar-refractivity contribution is 0.185. The molecule has 5 nitrogen and oxygen atoms in total. The number of benzene rings is 1. The van der Waals surface area contributed by atoms with Crippen molar-refractivity contribution in [2.45, 2.75) is 49.6 Å². The van der Waals surface area contributed by atoms with Crippen LogP contribution in [0, 0.1) is 0 Å². The molecule has 1 aromatic carbocycles. The maximum atomic E-state index is 12.4. The molecule has 2 heterocycles. The summed E-state index contributed by atoms with van der Waals surface area (Å²) >= 11 is 0. The fourth-order valence-electron chi connectivity index (χ4n) is 3.22. The number of rotatable bonds is 5. The predicted octanol–water partition coefficient (Wildman–Crippen LogP) is 1.99. The van der Waals surface area contributed by atoms with E-state index in [0.29, 0.717) is 5.75 Å². The molecule has 1 aromatic rings. The molecular weight excluding hydrogens is 300 g/mol. The standard InChI is InChI=1S/C16H24N2O3S/c1-2-3-4-7-10-18-11-13-15(12-18)21-14-8-5-6-9-16(14)22(19,20)17-13/h5-6,8-9,13,15,17H,2-4,7,10-12H2,1H3/t13-,15+/m1/s1. The Balaban J connectivity index is 1.69. The fourth-order valence-corrected chi connectivity index (χ4v) is 4.62. The number of likely N-dealkylation sites (tertiary alicyclic amines) is 1. The monoisotopic (exact) mass is 324 g/mol. The number of hydrogen-bond donors (Lipinski definition) is 1. The van der Waals surface area contributed by atoms with E-state index in [-0.39, 0.29) is 17.0 Å². The van der Waals surface area contributed by atoms with Gasteiger partial charge in [-0.3, -0.25) is 4.90 Å². The quantitative estimate of drug-likeness (QED) is 0.842. The van der Waals surface area contributed by atoms with Gasteiger partial charge in [-0.1, -0.05) is 38.3 Å². The third-order valence-corrected chi connectivity index (χ3v) is 5.92. The van der Waals surface area contributed by atoms with Crippen LogP contribution in [0.15, 0.2) is 29.2 Å². The van der Waals surface area contributed by atoms with Gasteiger partial charge in [-0.25, -0.2) is 13.1 Å². The van der Waals surface area contributed by atoms with Crippen molar-refractivity contribution in [2.24, 2.45) is 0 Å². The van der Waals surface area contributed by atoms with E-state index in [2.05, 4.69) is 16.5 Å². The maximum absolute atomic E-state index is 12.4. The molecule has 0 saturated carbocycles. The van der Waals surface area contributed by atoms with Gasteiger partial charge in [-0.2, -0.15) is 0 Å². The molecule has 22 heavy (non-hydrogen) atoms. The molecule has 122 valence electrons. The van der Waals surface area contributed by atoms with Crippen LogP contribution in [-0.2, 0) is 10.0 Å². The van der Waals surface area contributed by atoms with Gasteiger partial charge in [-0.05, 0) is 25.1 Å². The maximum Gasteiger partial charge on any atom is 0.244 e. The van der Waals surface area contributed by atoms with Crippen LogP contribution < -0.4 is 9.46 Å². The van der Waals surface area contributed by atoms with E-state index in [9.17, 15) is 8.42 Å². The SMILES string of the molecule is CCCCCCN1C[C@@H]2Oc3ccccc3S(=O)(=O)N[C@@H]2C1. The van der Waals surface area contributed by atoms with Gasteiger partial charge in [0, 0.05) is 13.1 Å². The summed E-state index contributed by atoms with van der Waals surface area (Å²) in [5.41, 5.74) is 0. The highest BCUT2D eigenvalue weighted by atomic mass is 32.2. The van der Waals surface area contributed by atoms with E-state index in [0.717, 1.165) is 26.1 Å². The average Bonchev–Trinajstić information content (AvgIpc) is 2.80. The molecular formula is C16H24N2O3S. The summed E-state index contributed by atoms with van der Waals surface area (Å²) in [4.78, 5) is 2.56. The second-order valence-electron chi connectivity index (χ2n) is 6.15. The lowest BCUT2D eigenvalue weighted by atomic mass is 10.2. The Bertz CT molecular complexity index is 618. The molecule has 6 heteroatoms. The topological polar surface area (TPSA) is 58.6 Å². The minimum absolute atomic E-state index is 0.107. The highest BCUT2D eigenvalue weighted by molar-refractivity contribution is 7.89. The van der Waals surface area contributed by atoms with E-state index in [4.69, 9.17) is 4.74 Å². The summed E-state index contributed by atoms with van der Waals surface area (Å²) in [6.07, 6.45) is 4.78. The van der Waals surface area contributed by atoms with Crippen molar-refractivity contribution < 1.29 is 13.2 Å². The third-order valence-electron chi connectivity index (χ3n) is 4.39. The Morgan fingerprint density at radius 2 is 2.05 bits per heavy atom. The van der Waals surface area contributed by atoms with Gasteiger partial charge < -0.3 is 4.74 Å². The Morgan fingerprint density at radius 3 is 2.86 bits per heavy atom. The minimum Gasteiger partial charge on any atom is -0.486 e. The van der Waals surface area contributed by atoms with Crippen molar-refractivity contribution in [1.29, 1.82) is 0 Å². The third kappa shape index (κ3) is 3.29. The number of unbranched alkanes of at least 4 members (excludes halogenated alkanes) is 3. The van der Waals surface area contributed by atoms with Crippen molar-refractivity contribution in [1.82, 2.24) is 9.62 Å². The van der Waals surface area contributed by atoms with E-state index in [1.54, 1.807) is 18.2 Å². The first-order chi connectivity index (χ1) is 10.6. The highest BCUT2D eigenvalue weighted by Crippen LogP contribution is 2.30. The van der Waals surface area contributed by atoms with E-state index in [1.165, 1.54) is 19.3 Å². The van der Waals surface area contributed by atoms with Crippen LogP contribution in [0.5, 0.6) is 5.75 Å². The molecule has 0 aromatic heterocycles. The summed E-state index contributed by atoms with van der Waals surface area (Å²) < 4.78 is 33.7. The van der Waals surface area contributed by atoms with Gasteiger partial charge in [0.25, 0.3) is 0 Å². The Morgan fingerprint density at radius 1 is 1.23 bits per heavy atom. The van der Waals surface area contributed by atoms with Crippen molar-refractivity contribution in [3.8, 4) is 5.75 Å². The molecule has 0 unspecified atom stereocenters. The first kappa shape index (κ1) is 15.8. The van der Waals surface area contributed by atoms with Crippen molar-refractivity contribution in [3.63, 3.8) is 0 Å². The summed E-state index contributed by atoms with van der Waals surface area (Å²) in [7, 11) is -3.49. The molecule has 0 radical (unpaired) electrons. The smallest absolute Gasteiger partial charge is 0.244 e. The Labute approximate surface area is 132 Å². The largest absolute Gasteiger partial charge is 0.486 e. The van der Waals surface area contributed by atoms with Crippen molar-refractivity contribution in [3.05, 3.63) is 24.3 Å². The number of ether oxygens (including phenoxy) is 1. The van der Waals surface area contributed by atoms with Crippen LogP contribution in [0.3, 0.4) is 0 Å². The fraction of sp³-hybridized carbons (Fsp3) is 0.625. The number of nitrogens with zero attached hydrogens (tertiary/aromatic N) is 1. The molecule has 1 fully saturated rings. The zero-order valence-corrected chi connectivity index (χ0v) is 13.8. The second kappa shape index (κ2) is 6.56. The van der Waals surface area contributed by atoms with Gasteiger partial charge >= 0.3 is 0 Å². The molecule has 0 amide bonds. The first-order valence-corrected chi connectivity index (χ1v) is 9.59.